The van der Waals surface area contributed by atoms with Crippen LogP contribution in [0.2, 0.25) is 0 Å². The van der Waals surface area contributed by atoms with E-state index in [4.69, 9.17) is 9.57 Å². The maximum Gasteiger partial charge on any atom is 0.248 e. The molecule has 3 heterocycles. The highest BCUT2D eigenvalue weighted by atomic mass is 32.2. The van der Waals surface area contributed by atoms with E-state index >= 15 is 0 Å². The molecule has 1 aromatic heterocycles. The SMILES string of the molecule is CC=CC(=O)Nc1cccc(-c2ccc([C@@]3(CC(=O)NOC4CCCCO4)CCCCS3(=O)=O)s2)c1. The Bertz CT molecular complexity index is 1220. The predicted molar refractivity (Wildman–Crippen MR) is 140 cm³/mol. The summed E-state index contributed by atoms with van der Waals surface area (Å²) >= 11 is 1.37. The van der Waals surface area contributed by atoms with E-state index in [1.807, 2.05) is 30.3 Å². The average molecular weight is 533 g/mol. The average Bonchev–Trinajstić information content (AvgIpc) is 3.36. The van der Waals surface area contributed by atoms with Gasteiger partial charge in [0, 0.05) is 28.5 Å². The monoisotopic (exact) mass is 532 g/mol. The normalized spacial score (nSPS) is 23.9. The van der Waals surface area contributed by atoms with Gasteiger partial charge in [-0.3, -0.25) is 9.59 Å². The topological polar surface area (TPSA) is 111 Å². The third kappa shape index (κ3) is 6.05. The van der Waals surface area contributed by atoms with E-state index in [0.29, 0.717) is 36.4 Å². The van der Waals surface area contributed by atoms with Gasteiger partial charge in [0.1, 0.15) is 4.75 Å². The predicted octanol–water partition coefficient (Wildman–Crippen LogP) is 4.69. The van der Waals surface area contributed by atoms with Gasteiger partial charge in [0.2, 0.25) is 11.8 Å². The number of sulfone groups is 1. The van der Waals surface area contributed by atoms with Crippen molar-refractivity contribution in [2.45, 2.75) is 62.9 Å². The molecule has 0 spiro atoms. The molecule has 2 N–H and O–H groups in total. The van der Waals surface area contributed by atoms with Gasteiger partial charge >= 0.3 is 0 Å². The van der Waals surface area contributed by atoms with Crippen molar-refractivity contribution in [3.8, 4) is 10.4 Å². The first-order valence-corrected chi connectivity index (χ1v) is 14.7. The highest BCUT2D eigenvalue weighted by Gasteiger charge is 2.49. The Balaban J connectivity index is 1.56. The molecule has 0 aliphatic carbocycles. The van der Waals surface area contributed by atoms with Crippen molar-refractivity contribution >= 4 is 38.7 Å². The van der Waals surface area contributed by atoms with Crippen molar-refractivity contribution in [3.05, 3.63) is 53.4 Å². The zero-order valence-electron chi connectivity index (χ0n) is 20.3. The molecule has 0 saturated carbocycles. The minimum Gasteiger partial charge on any atom is -0.350 e. The molecule has 2 saturated heterocycles. The van der Waals surface area contributed by atoms with Gasteiger partial charge in [0.15, 0.2) is 16.1 Å². The van der Waals surface area contributed by atoms with Crippen LogP contribution in [0.1, 0.15) is 56.7 Å². The molecule has 8 nitrogen and oxygen atoms in total. The fourth-order valence-corrected chi connectivity index (χ4v) is 8.45. The summed E-state index contributed by atoms with van der Waals surface area (Å²) in [5, 5.41) is 2.82. The number of hydrogen-bond donors (Lipinski definition) is 2. The Kier molecular flexibility index (Phi) is 8.61. The van der Waals surface area contributed by atoms with Gasteiger partial charge in [-0.15, -0.1) is 11.3 Å². The molecule has 2 atom stereocenters. The number of rotatable bonds is 8. The van der Waals surface area contributed by atoms with Gasteiger partial charge < -0.3 is 10.1 Å². The molecule has 2 aliphatic heterocycles. The number of carbonyl (C=O) groups is 2. The van der Waals surface area contributed by atoms with Crippen LogP contribution in [0.25, 0.3) is 10.4 Å². The van der Waals surface area contributed by atoms with Gasteiger partial charge in [-0.25, -0.2) is 18.7 Å². The lowest BCUT2D eigenvalue weighted by Crippen LogP contribution is -2.45. The van der Waals surface area contributed by atoms with E-state index in [-0.39, 0.29) is 18.1 Å². The molecule has 1 unspecified atom stereocenters. The third-order valence-corrected chi connectivity index (χ3v) is 10.6. The Hall–Kier alpha value is -2.53. The minimum atomic E-state index is -3.58. The number of allylic oxidation sites excluding steroid dienone is 1. The Morgan fingerprint density at radius 2 is 2.06 bits per heavy atom. The van der Waals surface area contributed by atoms with Crippen LogP contribution in [-0.4, -0.2) is 38.9 Å². The second-order valence-corrected chi connectivity index (χ2v) is 12.6. The Morgan fingerprint density at radius 1 is 1.19 bits per heavy atom. The highest BCUT2D eigenvalue weighted by molar-refractivity contribution is 7.92. The van der Waals surface area contributed by atoms with E-state index in [0.717, 1.165) is 29.7 Å². The van der Waals surface area contributed by atoms with Crippen molar-refractivity contribution in [1.82, 2.24) is 5.48 Å². The summed E-state index contributed by atoms with van der Waals surface area (Å²) in [5.74, 6) is -0.647. The molecule has 194 valence electrons. The highest BCUT2D eigenvalue weighted by Crippen LogP contribution is 2.47. The fourth-order valence-electron chi connectivity index (χ4n) is 4.67. The lowest BCUT2D eigenvalue weighted by molar-refractivity contribution is -0.200. The van der Waals surface area contributed by atoms with Crippen LogP contribution in [0.5, 0.6) is 0 Å². The van der Waals surface area contributed by atoms with Crippen molar-refractivity contribution in [2.75, 3.05) is 17.7 Å². The molecular weight excluding hydrogens is 500 g/mol. The minimum absolute atomic E-state index is 0.0482. The summed E-state index contributed by atoms with van der Waals surface area (Å²) in [5.41, 5.74) is 3.94. The Labute approximate surface area is 215 Å². The second kappa shape index (κ2) is 11.7. The molecule has 4 rings (SSSR count). The molecule has 2 fully saturated rings. The quantitative estimate of drug-likeness (QED) is 0.377. The molecule has 1 aromatic carbocycles. The summed E-state index contributed by atoms with van der Waals surface area (Å²) in [6.07, 6.45) is 6.69. The molecule has 2 aliphatic rings. The first-order chi connectivity index (χ1) is 17.3. The number of benzene rings is 1. The van der Waals surface area contributed by atoms with Crippen molar-refractivity contribution in [1.29, 1.82) is 0 Å². The first-order valence-electron chi connectivity index (χ1n) is 12.3. The summed E-state index contributed by atoms with van der Waals surface area (Å²) in [6.45, 7) is 2.35. The number of hydrogen-bond acceptors (Lipinski definition) is 7. The largest absolute Gasteiger partial charge is 0.350 e. The molecule has 2 amide bonds. The van der Waals surface area contributed by atoms with E-state index in [2.05, 4.69) is 10.8 Å². The van der Waals surface area contributed by atoms with Crippen molar-refractivity contribution in [3.63, 3.8) is 0 Å². The van der Waals surface area contributed by atoms with Gasteiger partial charge in [-0.2, -0.15) is 0 Å². The van der Waals surface area contributed by atoms with Crippen LogP contribution in [0.4, 0.5) is 5.69 Å². The standard InChI is InChI=1S/C26H32N2O6S2/c1-2-8-23(29)27-20-10-7-9-19(17-20)21-12-13-22(35-21)26(14-4-6-16-36(26,31)32)18-24(30)28-34-25-11-3-5-15-33-25/h2,7-10,12-13,17,25H,3-6,11,14-16,18H2,1H3,(H,27,29)(H,28,30)/t25?,26-/m0/s1. The number of carbonyl (C=O) groups excluding carboxylic acids is 2. The maximum absolute atomic E-state index is 13.4. The summed E-state index contributed by atoms with van der Waals surface area (Å²) in [7, 11) is -3.58. The maximum atomic E-state index is 13.4. The first kappa shape index (κ1) is 26.5. The number of thiophene rings is 1. The van der Waals surface area contributed by atoms with Crippen LogP contribution in [0, 0.1) is 0 Å². The van der Waals surface area contributed by atoms with E-state index in [9.17, 15) is 18.0 Å². The second-order valence-electron chi connectivity index (χ2n) is 9.12. The van der Waals surface area contributed by atoms with Crippen LogP contribution in [0.15, 0.2) is 48.6 Å². The zero-order chi connectivity index (χ0) is 25.6. The van der Waals surface area contributed by atoms with Crippen LogP contribution >= 0.6 is 11.3 Å². The molecule has 0 bridgehead atoms. The van der Waals surface area contributed by atoms with Gasteiger partial charge in [-0.05, 0) is 68.5 Å². The summed E-state index contributed by atoms with van der Waals surface area (Å²) in [6, 6.07) is 11.1. The zero-order valence-corrected chi connectivity index (χ0v) is 22.0. The lowest BCUT2D eigenvalue weighted by Gasteiger charge is -2.35. The third-order valence-electron chi connectivity index (χ3n) is 6.51. The fraction of sp³-hybridized carbons (Fsp3) is 0.462. The molecular formula is C26H32N2O6S2. The van der Waals surface area contributed by atoms with Crippen LogP contribution < -0.4 is 10.8 Å². The van der Waals surface area contributed by atoms with Crippen molar-refractivity contribution in [2.24, 2.45) is 0 Å². The van der Waals surface area contributed by atoms with Crippen molar-refractivity contribution < 1.29 is 27.6 Å². The van der Waals surface area contributed by atoms with E-state index in [1.165, 1.54) is 17.4 Å². The van der Waals surface area contributed by atoms with Gasteiger partial charge in [0.05, 0.1) is 12.2 Å². The van der Waals surface area contributed by atoms with Crippen LogP contribution in [-0.2, 0) is 33.7 Å². The van der Waals surface area contributed by atoms with Gasteiger partial charge in [-0.1, -0.05) is 24.6 Å². The molecule has 0 radical (unpaired) electrons. The molecule has 2 aromatic rings. The number of amides is 2. The summed E-state index contributed by atoms with van der Waals surface area (Å²) < 4.78 is 31.1. The Morgan fingerprint density at radius 3 is 2.81 bits per heavy atom. The van der Waals surface area contributed by atoms with Crippen LogP contribution in [0.3, 0.4) is 0 Å². The summed E-state index contributed by atoms with van der Waals surface area (Å²) in [4.78, 5) is 31.7. The number of anilines is 1. The number of hydroxylamine groups is 1. The molecule has 36 heavy (non-hydrogen) atoms. The number of ether oxygens (including phenoxy) is 1. The molecule has 10 heteroatoms. The van der Waals surface area contributed by atoms with E-state index in [1.54, 1.807) is 19.1 Å². The number of nitrogens with one attached hydrogen (secondary N) is 2. The van der Waals surface area contributed by atoms with Gasteiger partial charge in [0.25, 0.3) is 0 Å². The van der Waals surface area contributed by atoms with E-state index < -0.39 is 26.8 Å². The smallest absolute Gasteiger partial charge is 0.248 e. The lowest BCUT2D eigenvalue weighted by atomic mass is 9.94.